The number of anilines is 1. The van der Waals surface area contributed by atoms with Crippen molar-refractivity contribution in [1.82, 2.24) is 10.2 Å². The van der Waals surface area contributed by atoms with Gasteiger partial charge in [0.1, 0.15) is 0 Å². The minimum Gasteiger partial charge on any atom is -0.399 e. The molecule has 3 N–H and O–H groups in total. The van der Waals surface area contributed by atoms with E-state index in [1.54, 1.807) is 18.2 Å². The summed E-state index contributed by atoms with van der Waals surface area (Å²) >= 11 is 0. The number of rotatable bonds is 6. The normalized spacial score (nSPS) is 16.1. The van der Waals surface area contributed by atoms with E-state index in [-0.39, 0.29) is 18.3 Å². The third kappa shape index (κ3) is 5.70. The number of halogens is 1. The molecule has 4 nitrogen and oxygen atoms in total. The molecule has 2 rings (SSSR count). The molecule has 1 aromatic carbocycles. The minimum absolute atomic E-state index is 0. The van der Waals surface area contributed by atoms with Gasteiger partial charge in [-0.3, -0.25) is 4.79 Å². The van der Waals surface area contributed by atoms with Gasteiger partial charge in [0.15, 0.2) is 0 Å². The molecule has 1 heterocycles. The summed E-state index contributed by atoms with van der Waals surface area (Å²) in [5, 5.41) is 3.05. The van der Waals surface area contributed by atoms with Gasteiger partial charge in [0.2, 0.25) is 0 Å². The highest BCUT2D eigenvalue weighted by atomic mass is 35.5. The molecule has 1 aliphatic rings. The Hall–Kier alpha value is -1.26. The van der Waals surface area contributed by atoms with Crippen molar-refractivity contribution in [3.63, 3.8) is 0 Å². The smallest absolute Gasteiger partial charge is 0.251 e. The zero-order chi connectivity index (χ0) is 15.9. The first-order valence-corrected chi connectivity index (χ1v) is 8.51. The Balaban J connectivity index is 0.00000264. The fraction of sp³-hybridized carbons (Fsp3) is 0.611. The van der Waals surface area contributed by atoms with Gasteiger partial charge in [-0.25, -0.2) is 0 Å². The van der Waals surface area contributed by atoms with Crippen molar-refractivity contribution in [2.75, 3.05) is 25.4 Å². The maximum Gasteiger partial charge on any atom is 0.251 e. The van der Waals surface area contributed by atoms with Crippen LogP contribution in [0.2, 0.25) is 0 Å². The van der Waals surface area contributed by atoms with E-state index < -0.39 is 0 Å². The number of carbonyl (C=O) groups is 1. The first kappa shape index (κ1) is 19.8. The molecule has 0 atom stereocenters. The highest BCUT2D eigenvalue weighted by Crippen LogP contribution is 2.21. The second kappa shape index (κ2) is 9.78. The highest BCUT2D eigenvalue weighted by molar-refractivity contribution is 5.94. The van der Waals surface area contributed by atoms with Gasteiger partial charge in [-0.05, 0) is 62.9 Å². The van der Waals surface area contributed by atoms with Crippen molar-refractivity contribution in [1.29, 1.82) is 0 Å². The van der Waals surface area contributed by atoms with E-state index in [0.717, 1.165) is 25.7 Å². The lowest BCUT2D eigenvalue weighted by atomic mass is 9.94. The Morgan fingerprint density at radius 2 is 1.96 bits per heavy atom. The maximum absolute atomic E-state index is 12.1. The summed E-state index contributed by atoms with van der Waals surface area (Å²) in [6, 6.07) is 7.87. The number of nitrogens with two attached hydrogens (primary N) is 1. The molecule has 130 valence electrons. The number of piperidine rings is 1. The molecule has 0 aliphatic carbocycles. The van der Waals surface area contributed by atoms with Crippen molar-refractivity contribution in [2.24, 2.45) is 5.92 Å². The van der Waals surface area contributed by atoms with Crippen LogP contribution in [-0.4, -0.2) is 36.5 Å². The van der Waals surface area contributed by atoms with Crippen LogP contribution in [0.1, 0.15) is 49.9 Å². The van der Waals surface area contributed by atoms with E-state index in [1.807, 2.05) is 6.07 Å². The first-order chi connectivity index (χ1) is 10.6. The van der Waals surface area contributed by atoms with Crippen LogP contribution in [0.5, 0.6) is 0 Å². The zero-order valence-electron chi connectivity index (χ0n) is 14.3. The Labute approximate surface area is 146 Å². The molecule has 0 unspecified atom stereocenters. The summed E-state index contributed by atoms with van der Waals surface area (Å²) in [6.07, 6.45) is 4.81. The third-order valence-electron chi connectivity index (χ3n) is 4.81. The van der Waals surface area contributed by atoms with Gasteiger partial charge in [-0.2, -0.15) is 0 Å². The third-order valence-corrected chi connectivity index (χ3v) is 4.81. The first-order valence-electron chi connectivity index (χ1n) is 8.51. The Morgan fingerprint density at radius 1 is 1.30 bits per heavy atom. The standard InChI is InChI=1S/C18H29N3O.ClH/c1-3-17(4-2)21-10-8-14(9-11-21)13-20-18(22)15-6-5-7-16(19)12-15;/h5-7,12,14,17H,3-4,8-11,13,19H2,1-2H3,(H,20,22);1H. The second-order valence-electron chi connectivity index (χ2n) is 6.29. The van der Waals surface area contributed by atoms with Gasteiger partial charge in [-0.1, -0.05) is 19.9 Å². The van der Waals surface area contributed by atoms with Gasteiger partial charge in [0, 0.05) is 23.8 Å². The van der Waals surface area contributed by atoms with E-state index in [0.29, 0.717) is 17.2 Å². The number of nitrogen functional groups attached to an aromatic ring is 1. The van der Waals surface area contributed by atoms with Crippen LogP contribution in [0.25, 0.3) is 0 Å². The monoisotopic (exact) mass is 339 g/mol. The lowest BCUT2D eigenvalue weighted by Gasteiger charge is -2.37. The number of nitrogens with zero attached hydrogens (tertiary/aromatic N) is 1. The zero-order valence-corrected chi connectivity index (χ0v) is 15.1. The summed E-state index contributed by atoms with van der Waals surface area (Å²) in [7, 11) is 0. The van der Waals surface area contributed by atoms with E-state index >= 15 is 0 Å². The summed E-state index contributed by atoms with van der Waals surface area (Å²) in [4.78, 5) is 14.7. The van der Waals surface area contributed by atoms with Gasteiger partial charge >= 0.3 is 0 Å². The summed E-state index contributed by atoms with van der Waals surface area (Å²) in [6.45, 7) is 7.62. The van der Waals surface area contributed by atoms with Crippen LogP contribution in [0.3, 0.4) is 0 Å². The predicted octanol–water partition coefficient (Wildman–Crippen LogP) is 3.32. The molecule has 0 radical (unpaired) electrons. The largest absolute Gasteiger partial charge is 0.399 e. The van der Waals surface area contributed by atoms with Crippen molar-refractivity contribution in [3.8, 4) is 0 Å². The molecule has 0 aromatic heterocycles. The fourth-order valence-corrected chi connectivity index (χ4v) is 3.35. The molecule has 5 heteroatoms. The summed E-state index contributed by atoms with van der Waals surface area (Å²) < 4.78 is 0. The summed E-state index contributed by atoms with van der Waals surface area (Å²) in [5.74, 6) is 0.574. The second-order valence-corrected chi connectivity index (χ2v) is 6.29. The van der Waals surface area contributed by atoms with Crippen LogP contribution in [0.4, 0.5) is 5.69 Å². The topological polar surface area (TPSA) is 58.4 Å². The number of hydrogen-bond acceptors (Lipinski definition) is 3. The van der Waals surface area contributed by atoms with Gasteiger partial charge in [0.05, 0.1) is 0 Å². The number of carbonyl (C=O) groups excluding carboxylic acids is 1. The van der Waals surface area contributed by atoms with E-state index in [4.69, 9.17) is 5.73 Å². The highest BCUT2D eigenvalue weighted by Gasteiger charge is 2.23. The van der Waals surface area contributed by atoms with Gasteiger partial charge in [0.25, 0.3) is 5.91 Å². The van der Waals surface area contributed by atoms with Gasteiger partial charge < -0.3 is 16.0 Å². The van der Waals surface area contributed by atoms with Crippen LogP contribution < -0.4 is 11.1 Å². The Kier molecular flexibility index (Phi) is 8.42. The van der Waals surface area contributed by atoms with E-state index in [1.165, 1.54) is 25.7 Å². The molecular formula is C18H30ClN3O. The van der Waals surface area contributed by atoms with Crippen molar-refractivity contribution in [2.45, 2.75) is 45.6 Å². The van der Waals surface area contributed by atoms with Crippen molar-refractivity contribution in [3.05, 3.63) is 29.8 Å². The van der Waals surface area contributed by atoms with Crippen molar-refractivity contribution < 1.29 is 4.79 Å². The molecule has 0 spiro atoms. The lowest BCUT2D eigenvalue weighted by molar-refractivity contribution is 0.0920. The van der Waals surface area contributed by atoms with Crippen LogP contribution in [0.15, 0.2) is 24.3 Å². The van der Waals surface area contributed by atoms with Gasteiger partial charge in [-0.15, -0.1) is 12.4 Å². The molecule has 1 amide bonds. The quantitative estimate of drug-likeness (QED) is 0.782. The minimum atomic E-state index is -0.0188. The average molecular weight is 340 g/mol. The number of amides is 1. The fourth-order valence-electron chi connectivity index (χ4n) is 3.35. The van der Waals surface area contributed by atoms with Crippen molar-refractivity contribution >= 4 is 24.0 Å². The predicted molar refractivity (Wildman–Crippen MR) is 99.1 cm³/mol. The van der Waals surface area contributed by atoms with Crippen LogP contribution in [0, 0.1) is 5.92 Å². The maximum atomic E-state index is 12.1. The molecule has 23 heavy (non-hydrogen) atoms. The number of benzene rings is 1. The molecule has 1 fully saturated rings. The van der Waals surface area contributed by atoms with Crippen LogP contribution in [-0.2, 0) is 0 Å². The SMILES string of the molecule is CCC(CC)N1CCC(CNC(=O)c2cccc(N)c2)CC1.Cl. The molecule has 1 aliphatic heterocycles. The molecule has 0 saturated carbocycles. The molecular weight excluding hydrogens is 310 g/mol. The lowest BCUT2D eigenvalue weighted by Crippen LogP contribution is -2.43. The number of nitrogens with one attached hydrogen (secondary N) is 1. The average Bonchev–Trinajstić information content (AvgIpc) is 2.55. The number of hydrogen-bond donors (Lipinski definition) is 2. The summed E-state index contributed by atoms with van der Waals surface area (Å²) in [5.41, 5.74) is 7.00. The molecule has 0 bridgehead atoms. The Bertz CT molecular complexity index is 483. The van der Waals surface area contributed by atoms with E-state index in [9.17, 15) is 4.79 Å². The number of likely N-dealkylation sites (tertiary alicyclic amines) is 1. The van der Waals surface area contributed by atoms with E-state index in [2.05, 4.69) is 24.1 Å². The Morgan fingerprint density at radius 3 is 2.52 bits per heavy atom. The molecule has 1 aromatic rings. The van der Waals surface area contributed by atoms with Crippen LogP contribution >= 0.6 is 12.4 Å². The molecule has 1 saturated heterocycles.